The van der Waals surface area contributed by atoms with Crippen LogP contribution in [0.4, 0.5) is 5.69 Å². The molecule has 1 rings (SSSR count). The predicted octanol–water partition coefficient (Wildman–Crippen LogP) is 2.13. The van der Waals surface area contributed by atoms with Crippen LogP contribution in [-0.4, -0.2) is 18.1 Å². The number of ether oxygens (including phenoxy) is 1. The maximum Gasteiger partial charge on any atom is 0.310 e. The summed E-state index contributed by atoms with van der Waals surface area (Å²) in [5.41, 5.74) is 6.90. The van der Waals surface area contributed by atoms with E-state index in [0.29, 0.717) is 12.3 Å². The van der Waals surface area contributed by atoms with Gasteiger partial charge >= 0.3 is 5.69 Å². The Hall–Kier alpha value is -1.62. The van der Waals surface area contributed by atoms with E-state index in [0.717, 1.165) is 5.56 Å². The molecule has 0 saturated heterocycles. The molecule has 0 spiro atoms. The first-order valence-corrected chi connectivity index (χ1v) is 5.52. The summed E-state index contributed by atoms with van der Waals surface area (Å²) >= 11 is 0. The Labute approximate surface area is 101 Å². The van der Waals surface area contributed by atoms with E-state index in [1.54, 1.807) is 12.1 Å². The average molecular weight is 238 g/mol. The Bertz CT molecular complexity index is 405. The average Bonchev–Trinajstić information content (AvgIpc) is 2.28. The maximum atomic E-state index is 10.7. The number of nitrogens with zero attached hydrogens (tertiary/aromatic N) is 1. The van der Waals surface area contributed by atoms with Crippen molar-refractivity contribution in [3.8, 4) is 5.75 Å². The third kappa shape index (κ3) is 3.42. The Morgan fingerprint density at radius 2 is 2.12 bits per heavy atom. The number of hydrogen-bond donors (Lipinski definition) is 1. The molecule has 0 aliphatic carbocycles. The van der Waals surface area contributed by atoms with Crippen molar-refractivity contribution in [2.24, 2.45) is 11.7 Å². The molecule has 0 heterocycles. The van der Waals surface area contributed by atoms with Gasteiger partial charge in [-0.05, 0) is 24.0 Å². The predicted molar refractivity (Wildman–Crippen MR) is 66.2 cm³/mol. The molecule has 1 aromatic carbocycles. The zero-order valence-corrected chi connectivity index (χ0v) is 10.3. The van der Waals surface area contributed by atoms with Crippen molar-refractivity contribution in [1.82, 2.24) is 0 Å². The normalized spacial score (nSPS) is 12.5. The second-order valence-corrected chi connectivity index (χ2v) is 4.38. The van der Waals surface area contributed by atoms with Crippen LogP contribution in [0.3, 0.4) is 0 Å². The van der Waals surface area contributed by atoms with Gasteiger partial charge in [-0.1, -0.05) is 19.9 Å². The molecule has 0 amide bonds. The number of hydrogen-bond acceptors (Lipinski definition) is 4. The highest BCUT2D eigenvalue weighted by molar-refractivity contribution is 5.48. The minimum Gasteiger partial charge on any atom is -0.490 e. The summed E-state index contributed by atoms with van der Waals surface area (Å²) in [4.78, 5) is 10.3. The fourth-order valence-electron chi connectivity index (χ4n) is 1.51. The molecule has 0 saturated carbocycles. The number of methoxy groups -OCH3 is 1. The van der Waals surface area contributed by atoms with Crippen LogP contribution < -0.4 is 10.5 Å². The molecule has 0 fully saturated rings. The molecule has 17 heavy (non-hydrogen) atoms. The van der Waals surface area contributed by atoms with Crippen molar-refractivity contribution in [2.45, 2.75) is 26.3 Å². The van der Waals surface area contributed by atoms with E-state index in [-0.39, 0.29) is 17.5 Å². The smallest absolute Gasteiger partial charge is 0.310 e. The first-order chi connectivity index (χ1) is 7.95. The van der Waals surface area contributed by atoms with E-state index in [2.05, 4.69) is 0 Å². The quantitative estimate of drug-likeness (QED) is 0.629. The SMILES string of the molecule is COc1cc(CC(N)C(C)C)ccc1[N+](=O)[O-]. The molecule has 94 valence electrons. The molecular formula is C12H18N2O3. The van der Waals surface area contributed by atoms with Crippen LogP contribution in [0, 0.1) is 16.0 Å². The van der Waals surface area contributed by atoms with Gasteiger partial charge in [-0.3, -0.25) is 10.1 Å². The molecule has 2 N–H and O–H groups in total. The van der Waals surface area contributed by atoms with Crippen LogP contribution in [0.15, 0.2) is 18.2 Å². The number of nitro benzene ring substituents is 1. The monoisotopic (exact) mass is 238 g/mol. The fraction of sp³-hybridized carbons (Fsp3) is 0.500. The highest BCUT2D eigenvalue weighted by atomic mass is 16.6. The fourth-order valence-corrected chi connectivity index (χ4v) is 1.51. The molecule has 0 radical (unpaired) electrons. The molecule has 0 aliphatic heterocycles. The van der Waals surface area contributed by atoms with Crippen molar-refractivity contribution in [3.05, 3.63) is 33.9 Å². The largest absolute Gasteiger partial charge is 0.490 e. The Balaban J connectivity index is 2.94. The lowest BCUT2D eigenvalue weighted by Gasteiger charge is -2.15. The van der Waals surface area contributed by atoms with Gasteiger partial charge in [0.15, 0.2) is 5.75 Å². The molecule has 0 aromatic heterocycles. The summed E-state index contributed by atoms with van der Waals surface area (Å²) in [5, 5.41) is 10.7. The number of nitrogens with two attached hydrogens (primary N) is 1. The zero-order chi connectivity index (χ0) is 13.0. The lowest BCUT2D eigenvalue weighted by Crippen LogP contribution is -2.28. The first-order valence-electron chi connectivity index (χ1n) is 5.52. The number of nitro groups is 1. The van der Waals surface area contributed by atoms with Gasteiger partial charge in [0, 0.05) is 12.1 Å². The van der Waals surface area contributed by atoms with E-state index in [9.17, 15) is 10.1 Å². The highest BCUT2D eigenvalue weighted by Gasteiger charge is 2.16. The van der Waals surface area contributed by atoms with E-state index in [1.807, 2.05) is 13.8 Å². The second-order valence-electron chi connectivity index (χ2n) is 4.38. The van der Waals surface area contributed by atoms with Crippen molar-refractivity contribution in [1.29, 1.82) is 0 Å². The lowest BCUT2D eigenvalue weighted by molar-refractivity contribution is -0.385. The molecule has 5 nitrogen and oxygen atoms in total. The molecule has 0 aliphatic rings. The van der Waals surface area contributed by atoms with Gasteiger partial charge in [-0.25, -0.2) is 0 Å². The van der Waals surface area contributed by atoms with Gasteiger partial charge < -0.3 is 10.5 Å². The van der Waals surface area contributed by atoms with Crippen molar-refractivity contribution in [2.75, 3.05) is 7.11 Å². The summed E-state index contributed by atoms with van der Waals surface area (Å²) in [6.07, 6.45) is 0.687. The minimum atomic E-state index is -0.453. The summed E-state index contributed by atoms with van der Waals surface area (Å²) in [7, 11) is 1.43. The Morgan fingerprint density at radius 1 is 1.47 bits per heavy atom. The molecule has 1 atom stereocenters. The highest BCUT2D eigenvalue weighted by Crippen LogP contribution is 2.28. The second kappa shape index (κ2) is 5.63. The third-order valence-electron chi connectivity index (χ3n) is 2.77. The van der Waals surface area contributed by atoms with Crippen LogP contribution in [0.25, 0.3) is 0 Å². The number of benzene rings is 1. The standard InChI is InChI=1S/C12H18N2O3/c1-8(2)10(13)6-9-4-5-11(14(15)16)12(7-9)17-3/h4-5,7-8,10H,6,13H2,1-3H3. The topological polar surface area (TPSA) is 78.4 Å². The van der Waals surface area contributed by atoms with Crippen LogP contribution in [0.5, 0.6) is 5.75 Å². The van der Waals surface area contributed by atoms with E-state index < -0.39 is 4.92 Å². The Kier molecular flexibility index (Phi) is 4.45. The summed E-state index contributed by atoms with van der Waals surface area (Å²) in [6.45, 7) is 4.10. The Morgan fingerprint density at radius 3 is 2.59 bits per heavy atom. The first kappa shape index (κ1) is 13.4. The van der Waals surface area contributed by atoms with Crippen LogP contribution in [-0.2, 0) is 6.42 Å². The van der Waals surface area contributed by atoms with Crippen molar-refractivity contribution < 1.29 is 9.66 Å². The molecular weight excluding hydrogens is 220 g/mol. The summed E-state index contributed by atoms with van der Waals surface area (Å²) in [5.74, 6) is 0.652. The van der Waals surface area contributed by atoms with Crippen molar-refractivity contribution in [3.63, 3.8) is 0 Å². The van der Waals surface area contributed by atoms with Crippen molar-refractivity contribution >= 4 is 5.69 Å². The minimum absolute atomic E-state index is 0.0191. The van der Waals surface area contributed by atoms with Crippen LogP contribution >= 0.6 is 0 Å². The number of rotatable bonds is 5. The third-order valence-corrected chi connectivity index (χ3v) is 2.77. The van der Waals surface area contributed by atoms with Gasteiger partial charge in [0.2, 0.25) is 0 Å². The van der Waals surface area contributed by atoms with Gasteiger partial charge in [0.1, 0.15) is 0 Å². The molecule has 0 bridgehead atoms. The van der Waals surface area contributed by atoms with E-state index in [4.69, 9.17) is 10.5 Å². The summed E-state index contributed by atoms with van der Waals surface area (Å²) < 4.78 is 5.01. The van der Waals surface area contributed by atoms with E-state index in [1.165, 1.54) is 13.2 Å². The van der Waals surface area contributed by atoms with E-state index >= 15 is 0 Å². The van der Waals surface area contributed by atoms with Crippen LogP contribution in [0.1, 0.15) is 19.4 Å². The van der Waals surface area contributed by atoms with Gasteiger partial charge in [0.25, 0.3) is 0 Å². The van der Waals surface area contributed by atoms with Gasteiger partial charge in [0.05, 0.1) is 12.0 Å². The van der Waals surface area contributed by atoms with Crippen LogP contribution in [0.2, 0.25) is 0 Å². The maximum absolute atomic E-state index is 10.7. The molecule has 1 unspecified atom stereocenters. The molecule has 5 heteroatoms. The van der Waals surface area contributed by atoms with Gasteiger partial charge in [-0.2, -0.15) is 0 Å². The van der Waals surface area contributed by atoms with Gasteiger partial charge in [-0.15, -0.1) is 0 Å². The lowest BCUT2D eigenvalue weighted by atomic mass is 9.97. The molecule has 1 aromatic rings. The summed E-state index contributed by atoms with van der Waals surface area (Å²) in [6, 6.07) is 4.91. The zero-order valence-electron chi connectivity index (χ0n) is 10.3.